The molecule has 1 aromatic heterocycles. The van der Waals surface area contributed by atoms with Gasteiger partial charge in [-0.25, -0.2) is 13.4 Å². The first-order chi connectivity index (χ1) is 14.6. The second-order valence-corrected chi connectivity index (χ2v) is 9.02. The summed E-state index contributed by atoms with van der Waals surface area (Å²) in [6, 6.07) is 17.1. The lowest BCUT2D eigenvalue weighted by molar-refractivity contribution is -0.274. The summed E-state index contributed by atoms with van der Waals surface area (Å²) in [5.41, 5.74) is 1.48. The van der Waals surface area contributed by atoms with E-state index in [9.17, 15) is 21.6 Å². The van der Waals surface area contributed by atoms with Crippen LogP contribution >= 0.6 is 15.9 Å². The van der Waals surface area contributed by atoms with Crippen LogP contribution < -0.4 is 9.46 Å². The van der Waals surface area contributed by atoms with Crippen LogP contribution in [0.4, 0.5) is 18.9 Å². The number of aromatic nitrogens is 2. The van der Waals surface area contributed by atoms with Crippen LogP contribution in [0.1, 0.15) is 0 Å². The van der Waals surface area contributed by atoms with Crippen LogP contribution in [0.15, 0.2) is 76.1 Å². The number of nitrogens with one attached hydrogen (secondary N) is 2. The van der Waals surface area contributed by atoms with E-state index in [0.717, 1.165) is 11.6 Å². The lowest BCUT2D eigenvalue weighted by Gasteiger charge is -2.15. The fourth-order valence-corrected chi connectivity index (χ4v) is 4.32. The molecule has 0 saturated carbocycles. The molecule has 3 aromatic carbocycles. The number of anilines is 1. The van der Waals surface area contributed by atoms with Crippen LogP contribution in [0.5, 0.6) is 5.75 Å². The monoisotopic (exact) mass is 511 g/mol. The van der Waals surface area contributed by atoms with Crippen molar-refractivity contribution in [1.29, 1.82) is 0 Å². The molecule has 31 heavy (non-hydrogen) atoms. The Labute approximate surface area is 183 Å². The Hall–Kier alpha value is -3.05. The molecule has 0 radical (unpaired) electrons. The molecule has 0 aliphatic rings. The molecule has 4 aromatic rings. The lowest BCUT2D eigenvalue weighted by atomic mass is 10.2. The normalized spacial score (nSPS) is 12.1. The summed E-state index contributed by atoms with van der Waals surface area (Å²) in [6.45, 7) is 0. The van der Waals surface area contributed by atoms with Gasteiger partial charge in [-0.15, -0.1) is 13.2 Å². The largest absolute Gasteiger partial charge is 0.573 e. The summed E-state index contributed by atoms with van der Waals surface area (Å²) >= 11 is 3.04. The van der Waals surface area contributed by atoms with Crippen LogP contribution in [0, 0.1) is 0 Å². The molecule has 0 unspecified atom stereocenters. The Morgan fingerprint density at radius 1 is 1.00 bits per heavy atom. The van der Waals surface area contributed by atoms with Gasteiger partial charge in [-0.1, -0.05) is 46.3 Å². The molecular weight excluding hydrogens is 499 g/mol. The molecule has 0 aliphatic carbocycles. The van der Waals surface area contributed by atoms with Crippen molar-refractivity contribution in [2.24, 2.45) is 0 Å². The maximum absolute atomic E-state index is 12.8. The highest BCUT2D eigenvalue weighted by Gasteiger charge is 2.33. The van der Waals surface area contributed by atoms with Gasteiger partial charge in [-0.2, -0.15) is 0 Å². The molecule has 0 fully saturated rings. The number of alkyl halides is 3. The van der Waals surface area contributed by atoms with Crippen molar-refractivity contribution in [3.05, 3.63) is 71.2 Å². The second kappa shape index (κ2) is 7.89. The van der Waals surface area contributed by atoms with Crippen molar-refractivity contribution in [2.45, 2.75) is 11.3 Å². The third-order valence-electron chi connectivity index (χ3n) is 4.22. The van der Waals surface area contributed by atoms with Crippen molar-refractivity contribution >= 4 is 42.7 Å². The number of ether oxygens (including phenoxy) is 1. The first kappa shape index (κ1) is 21.2. The fourth-order valence-electron chi connectivity index (χ4n) is 2.88. The van der Waals surface area contributed by atoms with Gasteiger partial charge in [-0.05, 0) is 36.4 Å². The summed E-state index contributed by atoms with van der Waals surface area (Å²) in [5.74, 6) is -0.119. The zero-order valence-corrected chi connectivity index (χ0v) is 17.8. The zero-order chi connectivity index (χ0) is 22.2. The van der Waals surface area contributed by atoms with Crippen molar-refractivity contribution in [1.82, 2.24) is 9.97 Å². The van der Waals surface area contributed by atoms with E-state index in [1.165, 1.54) is 30.3 Å². The minimum Gasteiger partial charge on any atom is -0.403 e. The Bertz CT molecular complexity index is 1360. The third-order valence-corrected chi connectivity index (χ3v) is 6.08. The lowest BCUT2D eigenvalue weighted by Crippen LogP contribution is -2.20. The average Bonchev–Trinajstić information content (AvgIpc) is 3.13. The average molecular weight is 512 g/mol. The number of halogens is 4. The third kappa shape index (κ3) is 4.83. The number of aromatic amines is 1. The number of benzene rings is 3. The van der Waals surface area contributed by atoms with E-state index in [-0.39, 0.29) is 10.6 Å². The van der Waals surface area contributed by atoms with Crippen LogP contribution in [0.2, 0.25) is 0 Å². The molecule has 0 bridgehead atoms. The van der Waals surface area contributed by atoms with E-state index < -0.39 is 22.1 Å². The Morgan fingerprint density at radius 3 is 2.45 bits per heavy atom. The molecule has 1 heterocycles. The summed E-state index contributed by atoms with van der Waals surface area (Å²) in [7, 11) is -4.21. The predicted octanol–water partition coefficient (Wildman–Crippen LogP) is 5.69. The van der Waals surface area contributed by atoms with Crippen molar-refractivity contribution in [2.75, 3.05) is 4.72 Å². The molecule has 2 N–H and O–H groups in total. The zero-order valence-electron chi connectivity index (χ0n) is 15.4. The number of hydrogen-bond donors (Lipinski definition) is 2. The summed E-state index contributed by atoms with van der Waals surface area (Å²) in [5, 5.41) is 0. The van der Waals surface area contributed by atoms with Gasteiger partial charge in [0, 0.05) is 10.0 Å². The van der Waals surface area contributed by atoms with Crippen molar-refractivity contribution in [3.8, 4) is 17.1 Å². The minimum absolute atomic E-state index is 0.149. The van der Waals surface area contributed by atoms with Gasteiger partial charge in [0.05, 0.1) is 21.6 Å². The van der Waals surface area contributed by atoms with Crippen LogP contribution in [-0.4, -0.2) is 24.7 Å². The quantitative estimate of drug-likeness (QED) is 0.360. The number of sulfonamides is 1. The number of H-pyrrole nitrogens is 1. The van der Waals surface area contributed by atoms with E-state index in [4.69, 9.17) is 0 Å². The summed E-state index contributed by atoms with van der Waals surface area (Å²) in [4.78, 5) is 7.34. The predicted molar refractivity (Wildman–Crippen MR) is 113 cm³/mol. The Morgan fingerprint density at radius 2 is 1.74 bits per heavy atom. The van der Waals surface area contributed by atoms with Gasteiger partial charge in [-0.3, -0.25) is 4.72 Å². The van der Waals surface area contributed by atoms with Gasteiger partial charge in [0.25, 0.3) is 10.0 Å². The number of hydrogen-bond acceptors (Lipinski definition) is 4. The Balaban J connectivity index is 1.68. The van der Waals surface area contributed by atoms with E-state index in [1.54, 1.807) is 0 Å². The molecule has 11 heteroatoms. The van der Waals surface area contributed by atoms with Gasteiger partial charge in [0.2, 0.25) is 0 Å². The molecule has 0 amide bonds. The van der Waals surface area contributed by atoms with E-state index >= 15 is 0 Å². The van der Waals surface area contributed by atoms with Gasteiger partial charge < -0.3 is 9.72 Å². The molecule has 0 saturated heterocycles. The first-order valence-electron chi connectivity index (χ1n) is 8.74. The summed E-state index contributed by atoms with van der Waals surface area (Å²) < 4.78 is 70.1. The SMILES string of the molecule is O=S(=O)(Nc1ccc(Br)cc1OC(F)(F)F)c1ccc2nc(-c3ccccc3)[nH]c2c1. The van der Waals surface area contributed by atoms with Crippen LogP contribution in [-0.2, 0) is 10.0 Å². The number of imidazole rings is 1. The van der Waals surface area contributed by atoms with E-state index in [1.807, 2.05) is 30.3 Å². The molecule has 0 atom stereocenters. The maximum atomic E-state index is 12.8. The van der Waals surface area contributed by atoms with Gasteiger partial charge >= 0.3 is 6.36 Å². The smallest absolute Gasteiger partial charge is 0.403 e. The molecule has 6 nitrogen and oxygen atoms in total. The van der Waals surface area contributed by atoms with Crippen LogP contribution in [0.3, 0.4) is 0 Å². The number of rotatable bonds is 5. The standard InChI is InChI=1S/C20H13BrF3N3O3S/c21-13-6-8-16(18(10-13)30-20(22,23)24)27-31(28,29)14-7-9-15-17(11-14)26-19(25-15)12-4-2-1-3-5-12/h1-11,27H,(H,25,26). The first-order valence-corrected chi connectivity index (χ1v) is 11.0. The minimum atomic E-state index is -4.98. The van der Waals surface area contributed by atoms with E-state index in [2.05, 4.69) is 35.4 Å². The fraction of sp³-hybridized carbons (Fsp3) is 0.0500. The second-order valence-electron chi connectivity index (χ2n) is 6.42. The highest BCUT2D eigenvalue weighted by molar-refractivity contribution is 9.10. The summed E-state index contributed by atoms with van der Waals surface area (Å²) in [6.07, 6.45) is -4.98. The van der Waals surface area contributed by atoms with Crippen molar-refractivity contribution < 1.29 is 26.3 Å². The topological polar surface area (TPSA) is 84.1 Å². The number of nitrogens with zero attached hydrogens (tertiary/aromatic N) is 1. The molecular formula is C20H13BrF3N3O3S. The highest BCUT2D eigenvalue weighted by Crippen LogP contribution is 2.34. The highest BCUT2D eigenvalue weighted by atomic mass is 79.9. The molecule has 0 aliphatic heterocycles. The molecule has 4 rings (SSSR count). The number of fused-ring (bicyclic) bond motifs is 1. The van der Waals surface area contributed by atoms with E-state index in [0.29, 0.717) is 21.3 Å². The molecule has 0 spiro atoms. The van der Waals surface area contributed by atoms with Gasteiger partial charge in [0.15, 0.2) is 5.75 Å². The Kier molecular flexibility index (Phi) is 5.40. The van der Waals surface area contributed by atoms with Crippen LogP contribution in [0.25, 0.3) is 22.4 Å². The van der Waals surface area contributed by atoms with Crippen molar-refractivity contribution in [3.63, 3.8) is 0 Å². The van der Waals surface area contributed by atoms with Gasteiger partial charge in [0.1, 0.15) is 5.82 Å². The molecule has 160 valence electrons. The maximum Gasteiger partial charge on any atom is 0.573 e.